The van der Waals surface area contributed by atoms with Crippen LogP contribution >= 0.6 is 15.9 Å². The maximum absolute atomic E-state index is 10.7. The minimum atomic E-state index is 0.201. The highest BCUT2D eigenvalue weighted by atomic mass is 79.9. The van der Waals surface area contributed by atoms with E-state index in [1.54, 1.807) is 6.92 Å². The molecule has 0 atom stereocenters. The first-order chi connectivity index (χ1) is 6.18. The van der Waals surface area contributed by atoms with Gasteiger partial charge in [0.25, 0.3) is 0 Å². The lowest BCUT2D eigenvalue weighted by Gasteiger charge is -1.96. The van der Waals surface area contributed by atoms with E-state index in [1.165, 1.54) is 0 Å². The normalized spacial score (nSPS) is 8.46. The zero-order valence-corrected chi connectivity index (χ0v) is 9.30. The van der Waals surface area contributed by atoms with E-state index < -0.39 is 0 Å². The Morgan fingerprint density at radius 2 is 1.77 bits per heavy atom. The molecule has 0 saturated heterocycles. The van der Waals surface area contributed by atoms with Crippen LogP contribution in [0.4, 0.5) is 0 Å². The van der Waals surface area contributed by atoms with Gasteiger partial charge >= 0.3 is 0 Å². The van der Waals surface area contributed by atoms with Crippen molar-refractivity contribution >= 4 is 21.7 Å². The van der Waals surface area contributed by atoms with Gasteiger partial charge in [-0.3, -0.25) is 4.79 Å². The molecule has 0 aliphatic carbocycles. The van der Waals surface area contributed by atoms with E-state index in [4.69, 9.17) is 0 Å². The largest absolute Gasteiger partial charge is 0.300 e. The van der Waals surface area contributed by atoms with E-state index in [2.05, 4.69) is 29.1 Å². The predicted octanol–water partition coefficient (Wildman–Crippen LogP) is 3.38. The second kappa shape index (κ2) is 6.61. The van der Waals surface area contributed by atoms with Gasteiger partial charge in [0.05, 0.1) is 0 Å². The number of hydrogen-bond donors (Lipinski definition) is 0. The maximum Gasteiger partial charge on any atom is 0.134 e. The number of Topliss-reactive ketones (excluding diaryl/α,β-unsaturated/α-hetero) is 1. The molecule has 0 N–H and O–H groups in total. The Balaban J connectivity index is 0.000000671. The van der Waals surface area contributed by atoms with Crippen LogP contribution in [0.5, 0.6) is 0 Å². The monoisotopic (exact) mass is 240 g/mol. The average molecular weight is 241 g/mol. The van der Waals surface area contributed by atoms with Crippen molar-refractivity contribution in [2.45, 2.75) is 13.3 Å². The molecule has 0 amide bonds. The van der Waals surface area contributed by atoms with Gasteiger partial charge in [0.15, 0.2) is 0 Å². The number of rotatable bonds is 2. The van der Waals surface area contributed by atoms with Crippen LogP contribution in [0.25, 0.3) is 0 Å². The van der Waals surface area contributed by atoms with Gasteiger partial charge in [0.1, 0.15) is 5.78 Å². The molecular formula is C11H13BrO. The van der Waals surface area contributed by atoms with Crippen molar-refractivity contribution in [1.29, 1.82) is 0 Å². The van der Waals surface area contributed by atoms with Crippen molar-refractivity contribution in [3.63, 3.8) is 0 Å². The summed E-state index contributed by atoms with van der Waals surface area (Å²) in [5, 5.41) is 0. The summed E-state index contributed by atoms with van der Waals surface area (Å²) in [6, 6.07) is 7.79. The minimum absolute atomic E-state index is 0.201. The summed E-state index contributed by atoms with van der Waals surface area (Å²) in [6.07, 6.45) is 0.535. The molecule has 1 nitrogen and oxygen atoms in total. The number of carbonyl (C=O) groups excluding carboxylic acids is 1. The summed E-state index contributed by atoms with van der Waals surface area (Å²) >= 11 is 3.33. The molecule has 70 valence electrons. The molecule has 0 unspecified atom stereocenters. The second-order valence-electron chi connectivity index (χ2n) is 2.51. The quantitative estimate of drug-likeness (QED) is 0.725. The van der Waals surface area contributed by atoms with Gasteiger partial charge < -0.3 is 0 Å². The average Bonchev–Trinajstić information content (AvgIpc) is 2.12. The molecule has 0 aliphatic heterocycles. The Morgan fingerprint density at radius 1 is 1.31 bits per heavy atom. The van der Waals surface area contributed by atoms with Crippen LogP contribution in [0.2, 0.25) is 0 Å². The SMILES string of the molecule is C=C.CC(=O)Cc1ccc(Br)cc1. The summed E-state index contributed by atoms with van der Waals surface area (Å²) in [5.74, 6) is 0.201. The van der Waals surface area contributed by atoms with Crippen LogP contribution < -0.4 is 0 Å². The lowest BCUT2D eigenvalue weighted by atomic mass is 10.1. The molecule has 0 spiro atoms. The van der Waals surface area contributed by atoms with Gasteiger partial charge in [-0.05, 0) is 24.6 Å². The van der Waals surface area contributed by atoms with E-state index in [0.29, 0.717) is 6.42 Å². The highest BCUT2D eigenvalue weighted by molar-refractivity contribution is 9.10. The van der Waals surface area contributed by atoms with Gasteiger partial charge in [-0.1, -0.05) is 28.1 Å². The van der Waals surface area contributed by atoms with Crippen LogP contribution in [-0.2, 0) is 11.2 Å². The lowest BCUT2D eigenvalue weighted by Crippen LogP contribution is -1.95. The molecule has 1 aromatic carbocycles. The first kappa shape index (κ1) is 12.1. The zero-order chi connectivity index (χ0) is 10.3. The van der Waals surface area contributed by atoms with Gasteiger partial charge in [-0.25, -0.2) is 0 Å². The van der Waals surface area contributed by atoms with Gasteiger partial charge in [-0.2, -0.15) is 0 Å². The number of halogens is 1. The van der Waals surface area contributed by atoms with E-state index in [9.17, 15) is 4.79 Å². The first-order valence-electron chi connectivity index (χ1n) is 3.92. The summed E-state index contributed by atoms with van der Waals surface area (Å²) in [7, 11) is 0. The van der Waals surface area contributed by atoms with Crippen molar-refractivity contribution in [3.05, 3.63) is 47.5 Å². The van der Waals surface area contributed by atoms with E-state index in [-0.39, 0.29) is 5.78 Å². The Morgan fingerprint density at radius 3 is 2.15 bits per heavy atom. The highest BCUT2D eigenvalue weighted by Crippen LogP contribution is 2.10. The van der Waals surface area contributed by atoms with Crippen molar-refractivity contribution < 1.29 is 4.79 Å². The molecule has 2 heteroatoms. The fourth-order valence-electron chi connectivity index (χ4n) is 0.890. The highest BCUT2D eigenvalue weighted by Gasteiger charge is 1.95. The van der Waals surface area contributed by atoms with E-state index in [0.717, 1.165) is 10.0 Å². The first-order valence-corrected chi connectivity index (χ1v) is 4.71. The van der Waals surface area contributed by atoms with Gasteiger partial charge in [-0.15, -0.1) is 13.2 Å². The third-order valence-corrected chi connectivity index (χ3v) is 1.89. The Hall–Kier alpha value is -0.890. The van der Waals surface area contributed by atoms with Crippen LogP contribution in [0.3, 0.4) is 0 Å². The summed E-state index contributed by atoms with van der Waals surface area (Å²) < 4.78 is 1.05. The van der Waals surface area contributed by atoms with Crippen LogP contribution in [0, 0.1) is 0 Å². The molecule has 0 heterocycles. The Kier molecular flexibility index (Phi) is 6.15. The van der Waals surface area contributed by atoms with E-state index in [1.807, 2.05) is 24.3 Å². The zero-order valence-electron chi connectivity index (χ0n) is 7.72. The van der Waals surface area contributed by atoms with E-state index >= 15 is 0 Å². The molecule has 0 aromatic heterocycles. The predicted molar refractivity (Wildman–Crippen MR) is 59.8 cm³/mol. The molecule has 0 aliphatic rings. The number of benzene rings is 1. The second-order valence-corrected chi connectivity index (χ2v) is 3.42. The number of hydrogen-bond acceptors (Lipinski definition) is 1. The van der Waals surface area contributed by atoms with Crippen LogP contribution in [-0.4, -0.2) is 5.78 Å². The standard InChI is InChI=1S/C9H9BrO.C2H4/c1-7(11)6-8-2-4-9(10)5-3-8;1-2/h2-5H,6H2,1H3;1-2H2. The lowest BCUT2D eigenvalue weighted by molar-refractivity contribution is -0.116. The van der Waals surface area contributed by atoms with Crippen molar-refractivity contribution in [2.75, 3.05) is 0 Å². The molecule has 1 aromatic rings. The Labute approximate surface area is 87.6 Å². The Bertz CT molecular complexity index is 264. The summed E-state index contributed by atoms with van der Waals surface area (Å²) in [5.41, 5.74) is 1.07. The molecular weight excluding hydrogens is 228 g/mol. The fourth-order valence-corrected chi connectivity index (χ4v) is 1.15. The molecule has 0 radical (unpaired) electrons. The topological polar surface area (TPSA) is 17.1 Å². The molecule has 13 heavy (non-hydrogen) atoms. The number of carbonyl (C=O) groups is 1. The third-order valence-electron chi connectivity index (χ3n) is 1.37. The fraction of sp³-hybridized carbons (Fsp3) is 0.182. The molecule has 0 bridgehead atoms. The van der Waals surface area contributed by atoms with Crippen molar-refractivity contribution in [3.8, 4) is 0 Å². The summed E-state index contributed by atoms with van der Waals surface area (Å²) in [4.78, 5) is 10.7. The van der Waals surface area contributed by atoms with Crippen LogP contribution in [0.15, 0.2) is 41.9 Å². The number of ketones is 1. The summed E-state index contributed by atoms with van der Waals surface area (Å²) in [6.45, 7) is 7.60. The van der Waals surface area contributed by atoms with Gasteiger partial charge in [0.2, 0.25) is 0 Å². The molecule has 0 saturated carbocycles. The minimum Gasteiger partial charge on any atom is -0.300 e. The maximum atomic E-state index is 10.7. The van der Waals surface area contributed by atoms with Crippen molar-refractivity contribution in [1.82, 2.24) is 0 Å². The molecule has 0 fully saturated rings. The van der Waals surface area contributed by atoms with Gasteiger partial charge in [0, 0.05) is 10.9 Å². The smallest absolute Gasteiger partial charge is 0.134 e. The third kappa shape index (κ3) is 5.36. The van der Waals surface area contributed by atoms with Crippen molar-refractivity contribution in [2.24, 2.45) is 0 Å². The molecule has 1 rings (SSSR count). The van der Waals surface area contributed by atoms with Crippen LogP contribution in [0.1, 0.15) is 12.5 Å².